The average molecular weight is 295 g/mol. The number of rotatable bonds is 4. The number of hydrogen-bond acceptors (Lipinski definition) is 4. The van der Waals surface area contributed by atoms with Gasteiger partial charge in [-0.25, -0.2) is 0 Å². The molecule has 0 fully saturated rings. The van der Waals surface area contributed by atoms with Gasteiger partial charge in [-0.3, -0.25) is 10.1 Å². The summed E-state index contributed by atoms with van der Waals surface area (Å²) in [5.74, 6) is -0.490. The molecule has 0 atom stereocenters. The van der Waals surface area contributed by atoms with Gasteiger partial charge >= 0.3 is 11.9 Å². The largest absolute Gasteiger partial charge is 0.477 e. The molecule has 0 amide bonds. The van der Waals surface area contributed by atoms with E-state index < -0.39 is 29.1 Å². The van der Waals surface area contributed by atoms with Gasteiger partial charge < -0.3 is 15.8 Å². The van der Waals surface area contributed by atoms with Gasteiger partial charge in [-0.15, -0.1) is 0 Å². The summed E-state index contributed by atoms with van der Waals surface area (Å²) in [7, 11) is 0. The van der Waals surface area contributed by atoms with Crippen molar-refractivity contribution in [3.63, 3.8) is 0 Å². The molecule has 0 unspecified atom stereocenters. The second-order valence-corrected chi connectivity index (χ2v) is 3.77. The summed E-state index contributed by atoms with van der Waals surface area (Å²) in [5, 5.41) is 13.0. The van der Waals surface area contributed by atoms with Crippen LogP contribution in [0.1, 0.15) is 0 Å². The molecule has 0 aromatic heterocycles. The molecular formula is C9H8F3N3O3S. The monoisotopic (exact) mass is 295 g/mol. The molecule has 1 aromatic rings. The van der Waals surface area contributed by atoms with E-state index in [4.69, 9.17) is 5.73 Å². The van der Waals surface area contributed by atoms with Crippen molar-refractivity contribution in [1.29, 1.82) is 0 Å². The van der Waals surface area contributed by atoms with Crippen molar-refractivity contribution >= 4 is 28.7 Å². The second kappa shape index (κ2) is 5.69. The lowest BCUT2D eigenvalue weighted by molar-refractivity contribution is -0.386. The number of anilines is 1. The maximum absolute atomic E-state index is 12.0. The Bertz CT molecular complexity index is 507. The summed E-state index contributed by atoms with van der Waals surface area (Å²) in [6, 6.07) is 3.27. The van der Waals surface area contributed by atoms with E-state index in [2.05, 4.69) is 22.3 Å². The lowest BCUT2D eigenvalue weighted by Crippen LogP contribution is -2.20. The van der Waals surface area contributed by atoms with Crippen molar-refractivity contribution in [2.24, 2.45) is 5.73 Å². The molecule has 0 heterocycles. The van der Waals surface area contributed by atoms with Gasteiger partial charge in [0.1, 0.15) is 0 Å². The Hall–Kier alpha value is -2.10. The lowest BCUT2D eigenvalue weighted by Gasteiger charge is -2.10. The van der Waals surface area contributed by atoms with E-state index in [9.17, 15) is 23.3 Å². The highest BCUT2D eigenvalue weighted by molar-refractivity contribution is 7.80. The smallest absolute Gasteiger partial charge is 0.422 e. The normalized spacial score (nSPS) is 10.9. The van der Waals surface area contributed by atoms with Gasteiger partial charge in [-0.1, -0.05) is 0 Å². The fourth-order valence-corrected chi connectivity index (χ4v) is 1.28. The Balaban J connectivity index is 2.98. The molecule has 0 bridgehead atoms. The van der Waals surface area contributed by atoms with Gasteiger partial charge in [0, 0.05) is 11.8 Å². The first-order chi connectivity index (χ1) is 8.69. The van der Waals surface area contributed by atoms with Gasteiger partial charge in [0.25, 0.3) is 0 Å². The van der Waals surface area contributed by atoms with Crippen LogP contribution in [0.4, 0.5) is 24.5 Å². The van der Waals surface area contributed by atoms with Crippen LogP contribution >= 0.6 is 12.2 Å². The zero-order chi connectivity index (χ0) is 14.6. The minimum Gasteiger partial charge on any atom is -0.477 e. The molecule has 6 nitrogen and oxygen atoms in total. The van der Waals surface area contributed by atoms with Gasteiger partial charge in [-0.05, 0) is 24.4 Å². The van der Waals surface area contributed by atoms with E-state index in [1.54, 1.807) is 0 Å². The van der Waals surface area contributed by atoms with Crippen molar-refractivity contribution < 1.29 is 22.8 Å². The number of benzene rings is 1. The zero-order valence-corrected chi connectivity index (χ0v) is 10.0. The van der Waals surface area contributed by atoms with E-state index in [1.165, 1.54) is 6.07 Å². The molecule has 10 heteroatoms. The van der Waals surface area contributed by atoms with E-state index in [-0.39, 0.29) is 10.8 Å². The standard InChI is InChI=1S/C9H8F3N3O3S/c10-9(11,12)4-18-7-2-1-5(14-8(13)19)3-6(7)15(16)17/h1-3H,4H2,(H3,13,14,19). The molecule has 1 rings (SSSR count). The van der Waals surface area contributed by atoms with Crippen molar-refractivity contribution in [2.75, 3.05) is 11.9 Å². The van der Waals surface area contributed by atoms with Crippen LogP contribution in [0.25, 0.3) is 0 Å². The maximum Gasteiger partial charge on any atom is 0.422 e. The minimum absolute atomic E-state index is 0.127. The maximum atomic E-state index is 12.0. The number of nitro benzene ring substituents is 1. The van der Waals surface area contributed by atoms with E-state index in [0.717, 1.165) is 12.1 Å². The highest BCUT2D eigenvalue weighted by Crippen LogP contribution is 2.31. The minimum atomic E-state index is -4.58. The average Bonchev–Trinajstić information content (AvgIpc) is 2.25. The molecular weight excluding hydrogens is 287 g/mol. The first-order valence-corrected chi connectivity index (χ1v) is 5.14. The zero-order valence-electron chi connectivity index (χ0n) is 9.23. The Labute approximate surface area is 110 Å². The third-order valence-corrected chi connectivity index (χ3v) is 1.92. The topological polar surface area (TPSA) is 90.4 Å². The Morgan fingerprint density at radius 2 is 2.16 bits per heavy atom. The highest BCUT2D eigenvalue weighted by Gasteiger charge is 2.30. The predicted octanol–water partition coefficient (Wildman–Crippen LogP) is 2.19. The van der Waals surface area contributed by atoms with Crippen molar-refractivity contribution in [2.45, 2.75) is 6.18 Å². The molecule has 1 aromatic carbocycles. The number of nitrogens with two attached hydrogens (primary N) is 1. The SMILES string of the molecule is NC(=S)Nc1ccc(OCC(F)(F)F)c([N+](=O)[O-])c1. The fourth-order valence-electron chi connectivity index (χ4n) is 1.16. The Morgan fingerprint density at radius 1 is 1.53 bits per heavy atom. The van der Waals surface area contributed by atoms with Crippen LogP contribution in [0.3, 0.4) is 0 Å². The number of nitro groups is 1. The number of halogens is 3. The first-order valence-electron chi connectivity index (χ1n) is 4.73. The molecule has 0 radical (unpaired) electrons. The molecule has 0 aliphatic carbocycles. The molecule has 104 valence electrons. The number of hydrogen-bond donors (Lipinski definition) is 2. The summed E-state index contributed by atoms with van der Waals surface area (Å²) in [4.78, 5) is 9.87. The number of nitrogens with one attached hydrogen (secondary N) is 1. The van der Waals surface area contributed by atoms with Crippen LogP contribution in [-0.4, -0.2) is 22.8 Å². The number of alkyl halides is 3. The van der Waals surface area contributed by atoms with Crippen molar-refractivity contribution in [3.05, 3.63) is 28.3 Å². The molecule has 0 aliphatic heterocycles. The second-order valence-electron chi connectivity index (χ2n) is 3.33. The van der Waals surface area contributed by atoms with Crippen LogP contribution in [-0.2, 0) is 0 Å². The van der Waals surface area contributed by atoms with Crippen molar-refractivity contribution in [1.82, 2.24) is 0 Å². The highest BCUT2D eigenvalue weighted by atomic mass is 32.1. The molecule has 3 N–H and O–H groups in total. The van der Waals surface area contributed by atoms with Gasteiger partial charge in [-0.2, -0.15) is 13.2 Å². The van der Waals surface area contributed by atoms with Gasteiger partial charge in [0.15, 0.2) is 17.5 Å². The van der Waals surface area contributed by atoms with Crippen LogP contribution in [0.2, 0.25) is 0 Å². The van der Waals surface area contributed by atoms with E-state index in [0.29, 0.717) is 0 Å². The van der Waals surface area contributed by atoms with Crippen LogP contribution in [0.15, 0.2) is 18.2 Å². The lowest BCUT2D eigenvalue weighted by atomic mass is 10.2. The summed E-state index contributed by atoms with van der Waals surface area (Å²) >= 11 is 4.54. The number of ether oxygens (including phenoxy) is 1. The first kappa shape index (κ1) is 15.0. The van der Waals surface area contributed by atoms with Gasteiger partial charge in [0.2, 0.25) is 0 Å². The number of nitrogens with zero attached hydrogens (tertiary/aromatic N) is 1. The molecule has 0 spiro atoms. The summed E-state index contributed by atoms with van der Waals surface area (Å²) < 4.78 is 40.3. The summed E-state index contributed by atoms with van der Waals surface area (Å²) in [5.41, 5.74) is 4.73. The molecule has 0 saturated heterocycles. The Kier molecular flexibility index (Phi) is 4.48. The van der Waals surface area contributed by atoms with Crippen LogP contribution in [0.5, 0.6) is 5.75 Å². The molecule has 0 saturated carbocycles. The fraction of sp³-hybridized carbons (Fsp3) is 0.222. The quantitative estimate of drug-likeness (QED) is 0.502. The van der Waals surface area contributed by atoms with E-state index >= 15 is 0 Å². The number of thiocarbonyl (C=S) groups is 1. The molecule has 0 aliphatic rings. The van der Waals surface area contributed by atoms with Crippen LogP contribution in [0, 0.1) is 10.1 Å². The third-order valence-electron chi connectivity index (χ3n) is 1.81. The Morgan fingerprint density at radius 3 is 2.63 bits per heavy atom. The third kappa shape index (κ3) is 4.95. The predicted molar refractivity (Wildman–Crippen MR) is 65.1 cm³/mol. The summed E-state index contributed by atoms with van der Waals surface area (Å²) in [6.45, 7) is -1.62. The molecule has 19 heavy (non-hydrogen) atoms. The van der Waals surface area contributed by atoms with Crippen molar-refractivity contribution in [3.8, 4) is 5.75 Å². The van der Waals surface area contributed by atoms with E-state index in [1.807, 2.05) is 0 Å². The summed E-state index contributed by atoms with van der Waals surface area (Å²) in [6.07, 6.45) is -4.58. The van der Waals surface area contributed by atoms with Crippen LogP contribution < -0.4 is 15.8 Å². The van der Waals surface area contributed by atoms with Gasteiger partial charge in [0.05, 0.1) is 4.92 Å².